The molecule has 0 radical (unpaired) electrons. The average molecular weight is 201 g/mol. The lowest BCUT2D eigenvalue weighted by molar-refractivity contribution is -0.0503. The molecule has 14 heavy (non-hydrogen) atoms. The maximum absolute atomic E-state index is 5.79. The van der Waals surface area contributed by atoms with Crippen LogP contribution < -0.4 is 5.73 Å². The predicted octanol–water partition coefficient (Wildman–Crippen LogP) is 1.70. The van der Waals surface area contributed by atoms with E-state index in [4.69, 9.17) is 15.2 Å². The molecule has 3 nitrogen and oxygen atoms in total. The molecule has 0 aromatic heterocycles. The van der Waals surface area contributed by atoms with Crippen LogP contribution in [0, 0.1) is 0 Å². The molecule has 0 saturated heterocycles. The molecule has 0 heterocycles. The van der Waals surface area contributed by atoms with Crippen molar-refractivity contribution in [2.24, 2.45) is 5.73 Å². The van der Waals surface area contributed by atoms with Gasteiger partial charge in [0.05, 0.1) is 24.9 Å². The van der Waals surface area contributed by atoms with Crippen molar-refractivity contribution >= 4 is 0 Å². The number of hydrogen-bond donors (Lipinski definition) is 1. The van der Waals surface area contributed by atoms with Crippen LogP contribution in [-0.4, -0.2) is 31.0 Å². The van der Waals surface area contributed by atoms with Crippen LogP contribution in [0.15, 0.2) is 0 Å². The van der Waals surface area contributed by atoms with Crippen molar-refractivity contribution in [3.05, 3.63) is 0 Å². The lowest BCUT2D eigenvalue weighted by atomic mass is 10.2. The molecule has 0 aliphatic heterocycles. The molecular formula is C11H23NO2. The Kier molecular flexibility index (Phi) is 4.35. The minimum Gasteiger partial charge on any atom is -0.376 e. The molecule has 1 rings (SSSR count). The Labute approximate surface area is 86.9 Å². The highest BCUT2D eigenvalue weighted by Gasteiger charge is 2.22. The van der Waals surface area contributed by atoms with Gasteiger partial charge < -0.3 is 15.2 Å². The largest absolute Gasteiger partial charge is 0.376 e. The fraction of sp³-hybridized carbons (Fsp3) is 1.00. The highest BCUT2D eigenvalue weighted by atomic mass is 16.5. The molecule has 2 atom stereocenters. The molecule has 0 spiro atoms. The van der Waals surface area contributed by atoms with E-state index < -0.39 is 0 Å². The van der Waals surface area contributed by atoms with E-state index in [9.17, 15) is 0 Å². The Hall–Kier alpha value is -0.120. The highest BCUT2D eigenvalue weighted by molar-refractivity contribution is 4.78. The molecule has 1 aliphatic rings. The van der Waals surface area contributed by atoms with Gasteiger partial charge in [-0.3, -0.25) is 0 Å². The van der Waals surface area contributed by atoms with Gasteiger partial charge in [-0.25, -0.2) is 0 Å². The fourth-order valence-corrected chi connectivity index (χ4v) is 1.69. The Morgan fingerprint density at radius 3 is 2.43 bits per heavy atom. The number of rotatable bonds is 4. The molecule has 1 saturated carbocycles. The Balaban J connectivity index is 1.99. The van der Waals surface area contributed by atoms with Crippen molar-refractivity contribution in [2.75, 3.05) is 13.2 Å². The van der Waals surface area contributed by atoms with E-state index in [2.05, 4.69) is 20.8 Å². The van der Waals surface area contributed by atoms with Gasteiger partial charge in [-0.15, -0.1) is 0 Å². The van der Waals surface area contributed by atoms with Crippen LogP contribution in [0.3, 0.4) is 0 Å². The first-order valence-corrected chi connectivity index (χ1v) is 5.48. The predicted molar refractivity (Wildman–Crippen MR) is 57.3 cm³/mol. The third-order valence-electron chi connectivity index (χ3n) is 2.40. The first kappa shape index (κ1) is 12.0. The summed E-state index contributed by atoms with van der Waals surface area (Å²) in [7, 11) is 0. The second-order valence-corrected chi connectivity index (χ2v) is 5.03. The topological polar surface area (TPSA) is 44.5 Å². The minimum absolute atomic E-state index is 0.0601. The smallest absolute Gasteiger partial charge is 0.0707 e. The van der Waals surface area contributed by atoms with E-state index >= 15 is 0 Å². The molecule has 0 amide bonds. The third-order valence-corrected chi connectivity index (χ3v) is 2.40. The fourth-order valence-electron chi connectivity index (χ4n) is 1.69. The second kappa shape index (κ2) is 5.10. The van der Waals surface area contributed by atoms with Gasteiger partial charge in [-0.1, -0.05) is 0 Å². The normalized spacial score (nSPS) is 28.3. The van der Waals surface area contributed by atoms with Crippen molar-refractivity contribution < 1.29 is 9.47 Å². The van der Waals surface area contributed by atoms with Crippen molar-refractivity contribution in [1.82, 2.24) is 0 Å². The van der Waals surface area contributed by atoms with E-state index in [1.54, 1.807) is 0 Å². The zero-order valence-corrected chi connectivity index (χ0v) is 9.58. The first-order valence-electron chi connectivity index (χ1n) is 5.48. The van der Waals surface area contributed by atoms with Crippen LogP contribution in [0.2, 0.25) is 0 Å². The maximum Gasteiger partial charge on any atom is 0.0707 e. The molecule has 0 aromatic rings. The molecule has 2 N–H and O–H groups in total. The lowest BCUT2D eigenvalue weighted by Gasteiger charge is -2.20. The number of nitrogens with two attached hydrogens (primary N) is 1. The average Bonchev–Trinajstić information content (AvgIpc) is 2.44. The summed E-state index contributed by atoms with van der Waals surface area (Å²) in [5, 5.41) is 0. The molecule has 0 aromatic carbocycles. The summed E-state index contributed by atoms with van der Waals surface area (Å²) in [6.07, 6.45) is 3.59. The van der Waals surface area contributed by atoms with Crippen LogP contribution in [0.4, 0.5) is 0 Å². The lowest BCUT2D eigenvalue weighted by Crippen LogP contribution is -2.23. The maximum atomic E-state index is 5.79. The van der Waals surface area contributed by atoms with Gasteiger partial charge >= 0.3 is 0 Å². The highest BCUT2D eigenvalue weighted by Crippen LogP contribution is 2.20. The molecule has 3 heteroatoms. The van der Waals surface area contributed by atoms with Gasteiger partial charge in [0.25, 0.3) is 0 Å². The van der Waals surface area contributed by atoms with Crippen molar-refractivity contribution in [3.8, 4) is 0 Å². The molecular weight excluding hydrogens is 178 g/mol. The van der Waals surface area contributed by atoms with E-state index in [0.717, 1.165) is 19.3 Å². The standard InChI is InChI=1S/C11H23NO2/c1-11(2,3)14-7-6-13-10-5-4-9(12)8-10/h9-10H,4-8,12H2,1-3H3/t9-,10+/m0/s1. The summed E-state index contributed by atoms with van der Waals surface area (Å²) >= 11 is 0. The van der Waals surface area contributed by atoms with Crippen LogP contribution in [-0.2, 0) is 9.47 Å². The SMILES string of the molecule is CC(C)(C)OCCO[C@@H]1CC[C@H](N)C1. The summed E-state index contributed by atoms with van der Waals surface area (Å²) in [6.45, 7) is 7.53. The van der Waals surface area contributed by atoms with Crippen LogP contribution in [0.5, 0.6) is 0 Å². The van der Waals surface area contributed by atoms with Crippen molar-refractivity contribution in [2.45, 2.75) is 57.8 Å². The molecule has 0 bridgehead atoms. The molecule has 0 unspecified atom stereocenters. The number of hydrogen-bond acceptors (Lipinski definition) is 3. The summed E-state index contributed by atoms with van der Waals surface area (Å²) in [4.78, 5) is 0. The van der Waals surface area contributed by atoms with Gasteiger partial charge in [0.15, 0.2) is 0 Å². The summed E-state index contributed by atoms with van der Waals surface area (Å²) in [5.74, 6) is 0. The third kappa shape index (κ3) is 4.94. The van der Waals surface area contributed by atoms with E-state index in [1.165, 1.54) is 0 Å². The summed E-state index contributed by atoms with van der Waals surface area (Å²) in [5.41, 5.74) is 5.73. The van der Waals surface area contributed by atoms with E-state index in [1.807, 2.05) is 0 Å². The van der Waals surface area contributed by atoms with Crippen LogP contribution >= 0.6 is 0 Å². The first-order chi connectivity index (χ1) is 6.47. The van der Waals surface area contributed by atoms with Crippen molar-refractivity contribution in [1.29, 1.82) is 0 Å². The van der Waals surface area contributed by atoms with E-state index in [0.29, 0.717) is 25.4 Å². The van der Waals surface area contributed by atoms with Crippen LogP contribution in [0.25, 0.3) is 0 Å². The van der Waals surface area contributed by atoms with Gasteiger partial charge in [-0.2, -0.15) is 0 Å². The van der Waals surface area contributed by atoms with Gasteiger partial charge in [0.1, 0.15) is 0 Å². The van der Waals surface area contributed by atoms with Crippen molar-refractivity contribution in [3.63, 3.8) is 0 Å². The van der Waals surface area contributed by atoms with Gasteiger partial charge in [0, 0.05) is 6.04 Å². The zero-order chi connectivity index (χ0) is 10.6. The minimum atomic E-state index is -0.0601. The van der Waals surface area contributed by atoms with Gasteiger partial charge in [0.2, 0.25) is 0 Å². The Morgan fingerprint density at radius 1 is 1.21 bits per heavy atom. The second-order valence-electron chi connectivity index (χ2n) is 5.03. The van der Waals surface area contributed by atoms with E-state index in [-0.39, 0.29) is 5.60 Å². The Bertz CT molecular complexity index is 165. The molecule has 1 fully saturated rings. The monoisotopic (exact) mass is 201 g/mol. The summed E-state index contributed by atoms with van der Waals surface area (Å²) < 4.78 is 11.2. The molecule has 1 aliphatic carbocycles. The number of ether oxygens (including phenoxy) is 2. The summed E-state index contributed by atoms with van der Waals surface area (Å²) in [6, 6.07) is 0.350. The van der Waals surface area contributed by atoms with Gasteiger partial charge in [-0.05, 0) is 40.0 Å². The molecule has 84 valence electrons. The Morgan fingerprint density at radius 2 is 1.93 bits per heavy atom. The van der Waals surface area contributed by atoms with Crippen LogP contribution in [0.1, 0.15) is 40.0 Å². The zero-order valence-electron chi connectivity index (χ0n) is 9.58. The quantitative estimate of drug-likeness (QED) is 0.704.